The van der Waals surface area contributed by atoms with Crippen LogP contribution < -0.4 is 15.4 Å². The molecule has 0 heterocycles. The van der Waals surface area contributed by atoms with E-state index in [0.29, 0.717) is 18.0 Å². The van der Waals surface area contributed by atoms with Crippen LogP contribution in [0.1, 0.15) is 27.2 Å². The minimum Gasteiger partial charge on any atom is -0.492 e. The molecule has 2 N–H and O–H groups in total. The topological polar surface area (TPSA) is 87.7 Å². The Kier molecular flexibility index (Phi) is 6.83. The highest BCUT2D eigenvalue weighted by Crippen LogP contribution is 2.28. The van der Waals surface area contributed by atoms with Crippen molar-refractivity contribution in [1.29, 1.82) is 0 Å². The molecule has 2 amide bonds. The van der Waals surface area contributed by atoms with Gasteiger partial charge >= 0.3 is 6.03 Å². The van der Waals surface area contributed by atoms with Gasteiger partial charge < -0.3 is 15.4 Å². The minimum absolute atomic E-state index is 0.0132. The van der Waals surface area contributed by atoms with E-state index in [1.807, 2.05) is 20.8 Å². The molecule has 0 radical (unpaired) electrons. The van der Waals surface area contributed by atoms with Crippen LogP contribution in [0.3, 0.4) is 0 Å². The second-order valence-electron chi connectivity index (χ2n) is 5.29. The van der Waals surface area contributed by atoms with Crippen LogP contribution in [0, 0.1) is 0 Å². The maximum absolute atomic E-state index is 12.2. The van der Waals surface area contributed by atoms with Crippen LogP contribution in [0.4, 0.5) is 10.5 Å². The Bertz CT molecular complexity index is 644. The lowest BCUT2D eigenvalue weighted by atomic mass is 10.2. The summed E-state index contributed by atoms with van der Waals surface area (Å²) in [6, 6.07) is 4.01. The SMILES string of the molecule is CCOc1ccc(S(=O)(=O)N(C)C)cc1NC(=O)NC(C)CC. The van der Waals surface area contributed by atoms with Crippen LogP contribution >= 0.6 is 0 Å². The molecule has 7 nitrogen and oxygen atoms in total. The van der Waals surface area contributed by atoms with E-state index in [9.17, 15) is 13.2 Å². The Morgan fingerprint density at radius 2 is 1.96 bits per heavy atom. The van der Waals surface area contributed by atoms with Crippen molar-refractivity contribution in [2.45, 2.75) is 38.1 Å². The number of urea groups is 1. The molecule has 0 fully saturated rings. The first-order chi connectivity index (χ1) is 10.7. The number of amides is 2. The van der Waals surface area contributed by atoms with Crippen LogP contribution in [0.5, 0.6) is 5.75 Å². The van der Waals surface area contributed by atoms with Crippen LogP contribution in [0.25, 0.3) is 0 Å². The lowest BCUT2D eigenvalue weighted by Crippen LogP contribution is -2.35. The second kappa shape index (κ2) is 8.16. The fourth-order valence-corrected chi connectivity index (χ4v) is 2.67. The molecule has 8 heteroatoms. The summed E-state index contributed by atoms with van der Waals surface area (Å²) in [7, 11) is -0.683. The van der Waals surface area contributed by atoms with Crippen molar-refractivity contribution in [3.8, 4) is 5.75 Å². The molecule has 0 aromatic heterocycles. The van der Waals surface area contributed by atoms with Gasteiger partial charge in [-0.3, -0.25) is 0 Å². The van der Waals surface area contributed by atoms with Gasteiger partial charge in [0.2, 0.25) is 10.0 Å². The zero-order valence-corrected chi connectivity index (χ0v) is 15.0. The fraction of sp³-hybridized carbons (Fsp3) is 0.533. The first-order valence-electron chi connectivity index (χ1n) is 7.49. The van der Waals surface area contributed by atoms with Crippen molar-refractivity contribution >= 4 is 21.7 Å². The van der Waals surface area contributed by atoms with Crippen LogP contribution in [-0.2, 0) is 10.0 Å². The first-order valence-corrected chi connectivity index (χ1v) is 8.93. The smallest absolute Gasteiger partial charge is 0.319 e. The lowest BCUT2D eigenvalue weighted by molar-refractivity contribution is 0.248. The third-order valence-electron chi connectivity index (χ3n) is 3.27. The van der Waals surface area contributed by atoms with Gasteiger partial charge in [-0.15, -0.1) is 0 Å². The number of carbonyl (C=O) groups excluding carboxylic acids is 1. The van der Waals surface area contributed by atoms with E-state index in [1.165, 1.54) is 26.2 Å². The predicted octanol–water partition coefficient (Wildman–Crippen LogP) is 2.26. The van der Waals surface area contributed by atoms with Crippen LogP contribution in [-0.4, -0.2) is 45.5 Å². The maximum Gasteiger partial charge on any atom is 0.319 e. The number of ether oxygens (including phenoxy) is 1. The van der Waals surface area contributed by atoms with Gasteiger partial charge in [0, 0.05) is 20.1 Å². The molecule has 0 aliphatic carbocycles. The van der Waals surface area contributed by atoms with Crippen LogP contribution in [0.15, 0.2) is 23.1 Å². The third-order valence-corrected chi connectivity index (χ3v) is 5.08. The number of rotatable bonds is 7. The molecule has 0 aliphatic rings. The Morgan fingerprint density at radius 3 is 2.48 bits per heavy atom. The van der Waals surface area contributed by atoms with E-state index in [0.717, 1.165) is 10.7 Å². The van der Waals surface area contributed by atoms with E-state index in [2.05, 4.69) is 10.6 Å². The number of nitrogens with one attached hydrogen (secondary N) is 2. The third kappa shape index (κ3) is 5.11. The zero-order chi connectivity index (χ0) is 17.6. The molecule has 0 spiro atoms. The van der Waals surface area contributed by atoms with E-state index >= 15 is 0 Å². The largest absolute Gasteiger partial charge is 0.492 e. The molecule has 130 valence electrons. The molecular formula is C15H25N3O4S. The summed E-state index contributed by atoms with van der Waals surface area (Å²) in [6.07, 6.45) is 0.792. The molecule has 23 heavy (non-hydrogen) atoms. The first kappa shape index (κ1) is 19.2. The number of hydrogen-bond donors (Lipinski definition) is 2. The number of hydrogen-bond acceptors (Lipinski definition) is 4. The van der Waals surface area contributed by atoms with Gasteiger partial charge in [0.05, 0.1) is 17.2 Å². The number of nitrogens with zero attached hydrogens (tertiary/aromatic N) is 1. The summed E-state index contributed by atoms with van der Waals surface area (Å²) in [4.78, 5) is 12.1. The highest BCUT2D eigenvalue weighted by atomic mass is 32.2. The molecule has 0 saturated heterocycles. The van der Waals surface area contributed by atoms with Gasteiger partial charge in [-0.2, -0.15) is 0 Å². The summed E-state index contributed by atoms with van der Waals surface area (Å²) in [5.74, 6) is 0.421. The molecule has 0 saturated carbocycles. The highest BCUT2D eigenvalue weighted by molar-refractivity contribution is 7.89. The molecule has 1 aromatic rings. The molecule has 1 atom stereocenters. The summed E-state index contributed by atoms with van der Waals surface area (Å²) in [6.45, 7) is 6.06. The van der Waals surface area contributed by atoms with E-state index in [1.54, 1.807) is 6.07 Å². The maximum atomic E-state index is 12.2. The average Bonchev–Trinajstić information content (AvgIpc) is 2.48. The van der Waals surface area contributed by atoms with Gasteiger partial charge in [0.15, 0.2) is 0 Å². The van der Waals surface area contributed by atoms with Gasteiger partial charge in [-0.1, -0.05) is 6.92 Å². The summed E-state index contributed by atoms with van der Waals surface area (Å²) >= 11 is 0. The highest BCUT2D eigenvalue weighted by Gasteiger charge is 2.20. The van der Waals surface area contributed by atoms with Crippen molar-refractivity contribution in [2.24, 2.45) is 0 Å². The van der Waals surface area contributed by atoms with Gasteiger partial charge in [0.1, 0.15) is 5.75 Å². The Labute approximate surface area is 138 Å². The standard InChI is InChI=1S/C15H25N3O4S/c1-6-11(3)16-15(19)17-13-10-12(23(20,21)18(4)5)8-9-14(13)22-7-2/h8-11H,6-7H2,1-5H3,(H2,16,17,19). The second-order valence-corrected chi connectivity index (χ2v) is 7.44. The summed E-state index contributed by atoms with van der Waals surface area (Å²) in [5.41, 5.74) is 0.315. The number of anilines is 1. The summed E-state index contributed by atoms with van der Waals surface area (Å²) in [5, 5.41) is 5.42. The van der Waals surface area contributed by atoms with Gasteiger partial charge in [-0.25, -0.2) is 17.5 Å². The zero-order valence-electron chi connectivity index (χ0n) is 14.2. The lowest BCUT2D eigenvalue weighted by Gasteiger charge is -2.17. The van der Waals surface area contributed by atoms with Gasteiger partial charge in [-0.05, 0) is 38.5 Å². The number of carbonyl (C=O) groups is 1. The molecule has 1 rings (SSSR count). The summed E-state index contributed by atoms with van der Waals surface area (Å²) < 4.78 is 31.0. The van der Waals surface area contributed by atoms with Crippen molar-refractivity contribution < 1.29 is 17.9 Å². The fourth-order valence-electron chi connectivity index (χ4n) is 1.74. The van der Waals surface area contributed by atoms with Crippen LogP contribution in [0.2, 0.25) is 0 Å². The number of sulfonamides is 1. The van der Waals surface area contributed by atoms with Crippen molar-refractivity contribution in [2.75, 3.05) is 26.0 Å². The Balaban J connectivity index is 3.14. The number of benzene rings is 1. The van der Waals surface area contributed by atoms with Crippen molar-refractivity contribution in [1.82, 2.24) is 9.62 Å². The van der Waals surface area contributed by atoms with Crippen molar-refractivity contribution in [3.63, 3.8) is 0 Å². The molecular weight excluding hydrogens is 318 g/mol. The molecule has 0 bridgehead atoms. The molecule has 0 aliphatic heterocycles. The quantitative estimate of drug-likeness (QED) is 0.795. The van der Waals surface area contributed by atoms with Crippen molar-refractivity contribution in [3.05, 3.63) is 18.2 Å². The average molecular weight is 343 g/mol. The predicted molar refractivity (Wildman–Crippen MR) is 90.4 cm³/mol. The Hall–Kier alpha value is -1.80. The molecule has 1 unspecified atom stereocenters. The monoisotopic (exact) mass is 343 g/mol. The molecule has 1 aromatic carbocycles. The van der Waals surface area contributed by atoms with E-state index in [-0.39, 0.29) is 10.9 Å². The minimum atomic E-state index is -3.59. The Morgan fingerprint density at radius 1 is 1.30 bits per heavy atom. The normalized spacial score (nSPS) is 12.8. The van der Waals surface area contributed by atoms with E-state index < -0.39 is 16.1 Å². The van der Waals surface area contributed by atoms with E-state index in [4.69, 9.17) is 4.74 Å². The van der Waals surface area contributed by atoms with Gasteiger partial charge in [0.25, 0.3) is 0 Å².